The Bertz CT molecular complexity index is 344. The molecule has 68 valence electrons. The summed E-state index contributed by atoms with van der Waals surface area (Å²) in [6.07, 6.45) is -4.44. The smallest absolute Gasteiger partial charge is 0.272 e. The zero-order valence-corrected chi connectivity index (χ0v) is 6.42. The number of aromatic amines is 2. The molecule has 0 bridgehead atoms. The topological polar surface area (TPSA) is 53.6 Å². The summed E-state index contributed by atoms with van der Waals surface area (Å²) in [5.74, 6) is 0. The lowest BCUT2D eigenvalue weighted by Crippen LogP contribution is -2.26. The molecule has 0 spiro atoms. The van der Waals surface area contributed by atoms with Gasteiger partial charge in [0.2, 0.25) is 0 Å². The Morgan fingerprint density at radius 3 is 2.33 bits per heavy atom. The zero-order chi connectivity index (χ0) is 9.35. The fourth-order valence-electron chi connectivity index (χ4n) is 0.657. The molecule has 4 nitrogen and oxygen atoms in total. The normalized spacial score (nSPS) is 11.9. The monoisotopic (exact) mass is 199 g/mol. The summed E-state index contributed by atoms with van der Waals surface area (Å²) < 4.78 is 35.4. The fourth-order valence-corrected chi connectivity index (χ4v) is 0.856. The van der Waals surface area contributed by atoms with E-state index in [0.717, 1.165) is 0 Å². The third-order valence-corrected chi connectivity index (χ3v) is 1.43. The maximum Gasteiger partial charge on any atom is 0.406 e. The van der Waals surface area contributed by atoms with Gasteiger partial charge in [0.25, 0.3) is 0 Å². The molecule has 1 heterocycles. The highest BCUT2D eigenvalue weighted by atomic mass is 32.1. The van der Waals surface area contributed by atoms with Gasteiger partial charge in [-0.2, -0.15) is 13.2 Å². The van der Waals surface area contributed by atoms with Crippen molar-refractivity contribution in [2.75, 3.05) is 0 Å². The van der Waals surface area contributed by atoms with Crippen molar-refractivity contribution in [3.63, 3.8) is 0 Å². The standard InChI is InChI=1S/C4H4F3N3OS/c5-4(6,7)1-10-2(11)8-9-3(10)12/h1H2,(H,8,11)(H,9,12). The second-order valence-corrected chi connectivity index (χ2v) is 2.45. The fraction of sp³-hybridized carbons (Fsp3) is 0.500. The van der Waals surface area contributed by atoms with Crippen LogP contribution in [-0.2, 0) is 6.54 Å². The Labute approximate surface area is 69.0 Å². The molecule has 0 amide bonds. The minimum Gasteiger partial charge on any atom is -0.272 e. The van der Waals surface area contributed by atoms with Crippen molar-refractivity contribution in [2.24, 2.45) is 0 Å². The Kier molecular flexibility index (Phi) is 2.09. The average Bonchev–Trinajstić information content (AvgIpc) is 2.16. The predicted molar refractivity (Wildman–Crippen MR) is 36.3 cm³/mol. The Morgan fingerprint density at radius 1 is 1.42 bits per heavy atom. The number of nitrogens with zero attached hydrogens (tertiary/aromatic N) is 1. The van der Waals surface area contributed by atoms with Crippen LogP contribution in [0, 0.1) is 4.77 Å². The number of hydrogen-bond donors (Lipinski definition) is 2. The maximum atomic E-state index is 11.7. The largest absolute Gasteiger partial charge is 0.406 e. The van der Waals surface area contributed by atoms with E-state index in [-0.39, 0.29) is 4.77 Å². The van der Waals surface area contributed by atoms with Crippen molar-refractivity contribution in [3.8, 4) is 0 Å². The summed E-state index contributed by atoms with van der Waals surface area (Å²) in [6, 6.07) is 0. The average molecular weight is 199 g/mol. The Morgan fingerprint density at radius 2 is 2.00 bits per heavy atom. The molecule has 0 unspecified atom stereocenters. The molecule has 8 heteroatoms. The first-order valence-corrected chi connectivity index (χ1v) is 3.25. The summed E-state index contributed by atoms with van der Waals surface area (Å²) in [7, 11) is 0. The number of H-pyrrole nitrogens is 2. The molecule has 0 radical (unpaired) electrons. The van der Waals surface area contributed by atoms with Crippen molar-refractivity contribution in [3.05, 3.63) is 15.3 Å². The van der Waals surface area contributed by atoms with Crippen LogP contribution in [0.4, 0.5) is 13.2 Å². The van der Waals surface area contributed by atoms with Gasteiger partial charge in [-0.05, 0) is 12.2 Å². The van der Waals surface area contributed by atoms with E-state index in [1.165, 1.54) is 0 Å². The highest BCUT2D eigenvalue weighted by Gasteiger charge is 2.29. The minimum atomic E-state index is -4.44. The quantitative estimate of drug-likeness (QED) is 0.657. The number of nitrogens with one attached hydrogen (secondary N) is 2. The highest BCUT2D eigenvalue weighted by molar-refractivity contribution is 7.71. The molecule has 0 aliphatic heterocycles. The summed E-state index contributed by atoms with van der Waals surface area (Å²) in [4.78, 5) is 10.6. The number of aromatic nitrogens is 3. The van der Waals surface area contributed by atoms with Crippen molar-refractivity contribution < 1.29 is 13.2 Å². The molecule has 1 aromatic rings. The van der Waals surface area contributed by atoms with Crippen molar-refractivity contribution in [2.45, 2.75) is 12.7 Å². The summed E-state index contributed by atoms with van der Waals surface area (Å²) in [5.41, 5.74) is -0.891. The number of alkyl halides is 3. The van der Waals surface area contributed by atoms with Gasteiger partial charge in [-0.15, -0.1) is 0 Å². The summed E-state index contributed by atoms with van der Waals surface area (Å²) >= 11 is 4.42. The molecule has 1 rings (SSSR count). The van der Waals surface area contributed by atoms with Crippen molar-refractivity contribution in [1.82, 2.24) is 14.8 Å². The van der Waals surface area contributed by atoms with Crippen LogP contribution in [-0.4, -0.2) is 20.9 Å². The van der Waals surface area contributed by atoms with Crippen LogP contribution in [0.2, 0.25) is 0 Å². The van der Waals surface area contributed by atoms with Crippen LogP contribution in [0.3, 0.4) is 0 Å². The molecule has 0 atom stereocenters. The van der Waals surface area contributed by atoms with E-state index in [1.807, 2.05) is 5.10 Å². The van der Waals surface area contributed by atoms with Gasteiger partial charge < -0.3 is 0 Å². The van der Waals surface area contributed by atoms with Crippen molar-refractivity contribution in [1.29, 1.82) is 0 Å². The number of halogens is 3. The van der Waals surface area contributed by atoms with Crippen LogP contribution in [0.25, 0.3) is 0 Å². The molecule has 0 aromatic carbocycles. The van der Waals surface area contributed by atoms with Crippen LogP contribution in [0.15, 0.2) is 4.79 Å². The summed E-state index contributed by atoms with van der Waals surface area (Å²) in [5, 5.41) is 4.04. The lowest BCUT2D eigenvalue weighted by Gasteiger charge is -2.04. The van der Waals surface area contributed by atoms with Gasteiger partial charge in [0, 0.05) is 0 Å². The van der Waals surface area contributed by atoms with E-state index in [0.29, 0.717) is 4.57 Å². The first kappa shape index (κ1) is 9.04. The highest BCUT2D eigenvalue weighted by Crippen LogP contribution is 2.15. The first-order valence-electron chi connectivity index (χ1n) is 2.84. The van der Waals surface area contributed by atoms with E-state index in [4.69, 9.17) is 0 Å². The lowest BCUT2D eigenvalue weighted by atomic mass is 10.6. The van der Waals surface area contributed by atoms with Crippen LogP contribution in [0.1, 0.15) is 0 Å². The molecule has 0 fully saturated rings. The molecular formula is C4H4F3N3OS. The van der Waals surface area contributed by atoms with E-state index in [1.54, 1.807) is 0 Å². The molecule has 0 saturated carbocycles. The van der Waals surface area contributed by atoms with E-state index >= 15 is 0 Å². The number of hydrogen-bond acceptors (Lipinski definition) is 2. The molecule has 0 aliphatic rings. The van der Waals surface area contributed by atoms with Crippen LogP contribution >= 0.6 is 12.2 Å². The number of rotatable bonds is 1. The van der Waals surface area contributed by atoms with Gasteiger partial charge in [0.15, 0.2) is 4.77 Å². The molecule has 1 aromatic heterocycles. The molecule has 0 saturated heterocycles. The van der Waals surface area contributed by atoms with Crippen LogP contribution in [0.5, 0.6) is 0 Å². The minimum absolute atomic E-state index is 0.266. The third kappa shape index (κ3) is 1.97. The third-order valence-electron chi connectivity index (χ3n) is 1.10. The maximum absolute atomic E-state index is 11.7. The summed E-state index contributed by atoms with van der Waals surface area (Å²) in [6.45, 7) is -1.37. The van der Waals surface area contributed by atoms with Crippen LogP contribution < -0.4 is 5.69 Å². The molecular weight excluding hydrogens is 195 g/mol. The molecule has 12 heavy (non-hydrogen) atoms. The van der Waals surface area contributed by atoms with Gasteiger partial charge in [-0.25, -0.2) is 9.89 Å². The Balaban J connectivity index is 3.05. The van der Waals surface area contributed by atoms with E-state index in [9.17, 15) is 18.0 Å². The zero-order valence-electron chi connectivity index (χ0n) is 5.60. The van der Waals surface area contributed by atoms with Crippen molar-refractivity contribution >= 4 is 12.2 Å². The first-order chi connectivity index (χ1) is 5.40. The second kappa shape index (κ2) is 2.77. The van der Waals surface area contributed by atoms with Gasteiger partial charge in [-0.1, -0.05) is 0 Å². The van der Waals surface area contributed by atoms with Gasteiger partial charge in [0.05, 0.1) is 0 Å². The molecule has 0 aliphatic carbocycles. The Hall–Kier alpha value is -1.05. The van der Waals surface area contributed by atoms with Gasteiger partial charge in [-0.3, -0.25) is 9.67 Å². The molecule has 2 N–H and O–H groups in total. The van der Waals surface area contributed by atoms with Gasteiger partial charge in [0.1, 0.15) is 6.54 Å². The van der Waals surface area contributed by atoms with E-state index < -0.39 is 18.4 Å². The van der Waals surface area contributed by atoms with Gasteiger partial charge >= 0.3 is 11.9 Å². The second-order valence-electron chi connectivity index (χ2n) is 2.06. The van der Waals surface area contributed by atoms with E-state index in [2.05, 4.69) is 17.3 Å². The lowest BCUT2D eigenvalue weighted by molar-refractivity contribution is -0.141. The predicted octanol–water partition coefficient (Wildman–Crippen LogP) is 0.796. The SMILES string of the molecule is O=c1[nH][nH]c(=S)n1CC(F)(F)F.